The van der Waals surface area contributed by atoms with E-state index < -0.39 is 11.6 Å². The van der Waals surface area contributed by atoms with E-state index >= 15 is 0 Å². The fraction of sp³-hybridized carbons (Fsp3) is 0.0909. The maximum atomic E-state index is 13.4. The van der Waals surface area contributed by atoms with Gasteiger partial charge < -0.3 is 5.32 Å². The Morgan fingerprint density at radius 2 is 1.94 bits per heavy atom. The van der Waals surface area contributed by atoms with Crippen molar-refractivity contribution >= 4 is 40.2 Å². The number of nitrogens with one attached hydrogen (secondary N) is 1. The van der Waals surface area contributed by atoms with Crippen LogP contribution in [-0.4, -0.2) is 0 Å². The molecule has 2 rings (SSSR count). The van der Waals surface area contributed by atoms with Gasteiger partial charge in [0, 0.05) is 22.9 Å². The minimum atomic E-state index is -0.711. The van der Waals surface area contributed by atoms with Gasteiger partial charge in [-0.3, -0.25) is 0 Å². The highest BCUT2D eigenvalue weighted by Gasteiger charge is 2.09. The average molecular weight is 294 g/mol. The summed E-state index contributed by atoms with van der Waals surface area (Å²) in [7, 11) is 0. The zero-order valence-electron chi connectivity index (χ0n) is 8.44. The maximum absolute atomic E-state index is 13.4. The van der Waals surface area contributed by atoms with Crippen molar-refractivity contribution in [3.63, 3.8) is 0 Å². The monoisotopic (exact) mass is 293 g/mol. The molecule has 0 aliphatic rings. The molecule has 90 valence electrons. The van der Waals surface area contributed by atoms with Crippen molar-refractivity contribution in [1.82, 2.24) is 0 Å². The molecule has 0 radical (unpaired) electrons. The summed E-state index contributed by atoms with van der Waals surface area (Å²) in [6.07, 6.45) is 0. The van der Waals surface area contributed by atoms with Crippen LogP contribution in [0, 0.1) is 11.6 Å². The third kappa shape index (κ3) is 3.09. The van der Waals surface area contributed by atoms with E-state index in [9.17, 15) is 8.78 Å². The Labute approximate surface area is 111 Å². The number of benzene rings is 1. The fourth-order valence-corrected chi connectivity index (χ4v) is 2.61. The summed E-state index contributed by atoms with van der Waals surface area (Å²) in [5.74, 6) is -1.41. The zero-order chi connectivity index (χ0) is 12.4. The van der Waals surface area contributed by atoms with Crippen LogP contribution in [0.2, 0.25) is 10.0 Å². The summed E-state index contributed by atoms with van der Waals surface area (Å²) in [6.45, 7) is 0.389. The topological polar surface area (TPSA) is 12.0 Å². The van der Waals surface area contributed by atoms with Crippen LogP contribution in [0.15, 0.2) is 23.6 Å². The Morgan fingerprint density at radius 3 is 2.53 bits per heavy atom. The van der Waals surface area contributed by atoms with E-state index in [-0.39, 0.29) is 10.7 Å². The number of hydrogen-bond acceptors (Lipinski definition) is 2. The number of hydrogen-bond donors (Lipinski definition) is 1. The number of halogens is 4. The van der Waals surface area contributed by atoms with Gasteiger partial charge in [0.15, 0.2) is 5.82 Å². The Hall–Kier alpha value is -0.840. The molecule has 0 amide bonds. The minimum absolute atomic E-state index is 0.0187. The molecule has 0 aliphatic carbocycles. The molecular weight excluding hydrogens is 287 g/mol. The molecule has 0 aliphatic heterocycles. The molecule has 0 bridgehead atoms. The van der Waals surface area contributed by atoms with Crippen LogP contribution in [0.1, 0.15) is 4.88 Å². The van der Waals surface area contributed by atoms with Crippen LogP contribution in [-0.2, 0) is 6.54 Å². The molecular formula is C11H7Cl2F2NS. The molecule has 0 atom stereocenters. The SMILES string of the molecule is Fc1cc(F)c(NCc2cc(Cl)cs2)c(Cl)c1. The van der Waals surface area contributed by atoms with Gasteiger partial charge in [-0.1, -0.05) is 23.2 Å². The molecule has 0 unspecified atom stereocenters. The van der Waals surface area contributed by atoms with Gasteiger partial charge in [-0.25, -0.2) is 8.78 Å². The third-order valence-electron chi connectivity index (χ3n) is 2.07. The first-order valence-corrected chi connectivity index (χ1v) is 6.31. The van der Waals surface area contributed by atoms with Gasteiger partial charge in [-0.2, -0.15) is 0 Å². The largest absolute Gasteiger partial charge is 0.377 e. The Balaban J connectivity index is 2.14. The zero-order valence-corrected chi connectivity index (χ0v) is 10.8. The highest BCUT2D eigenvalue weighted by molar-refractivity contribution is 7.10. The van der Waals surface area contributed by atoms with Crippen LogP contribution < -0.4 is 5.32 Å². The second kappa shape index (κ2) is 5.21. The molecule has 1 N–H and O–H groups in total. The van der Waals surface area contributed by atoms with E-state index in [1.807, 2.05) is 0 Å². The summed E-state index contributed by atoms with van der Waals surface area (Å²) in [5.41, 5.74) is 0.0950. The predicted molar refractivity (Wildman–Crippen MR) is 68.0 cm³/mol. The van der Waals surface area contributed by atoms with Crippen LogP contribution >= 0.6 is 34.5 Å². The van der Waals surface area contributed by atoms with Crippen molar-refractivity contribution < 1.29 is 8.78 Å². The van der Waals surface area contributed by atoms with Gasteiger partial charge in [-0.15, -0.1) is 11.3 Å². The standard InChI is InChI=1S/C11H7Cl2F2NS/c12-6-1-8(17-5-6)4-16-11-9(13)2-7(14)3-10(11)15/h1-3,5,16H,4H2. The Morgan fingerprint density at radius 1 is 1.18 bits per heavy atom. The van der Waals surface area contributed by atoms with Gasteiger partial charge in [0.1, 0.15) is 5.82 Å². The van der Waals surface area contributed by atoms with Crippen LogP contribution in [0.5, 0.6) is 0 Å². The van der Waals surface area contributed by atoms with Gasteiger partial charge in [-0.05, 0) is 12.1 Å². The van der Waals surface area contributed by atoms with Gasteiger partial charge >= 0.3 is 0 Å². The van der Waals surface area contributed by atoms with E-state index in [0.29, 0.717) is 11.6 Å². The molecule has 0 fully saturated rings. The number of rotatable bonds is 3. The maximum Gasteiger partial charge on any atom is 0.150 e. The molecule has 2 aromatic rings. The Kier molecular flexibility index (Phi) is 3.86. The fourth-order valence-electron chi connectivity index (χ4n) is 1.33. The molecule has 6 heteroatoms. The average Bonchev–Trinajstić information content (AvgIpc) is 2.62. The van der Waals surface area contributed by atoms with E-state index in [4.69, 9.17) is 23.2 Å². The quantitative estimate of drug-likeness (QED) is 0.845. The van der Waals surface area contributed by atoms with Crippen LogP contribution in [0.4, 0.5) is 14.5 Å². The number of thiophene rings is 1. The van der Waals surface area contributed by atoms with Crippen LogP contribution in [0.25, 0.3) is 0 Å². The molecule has 1 heterocycles. The summed E-state index contributed by atoms with van der Waals surface area (Å²) in [5, 5.41) is 5.25. The smallest absolute Gasteiger partial charge is 0.150 e. The lowest BCUT2D eigenvalue weighted by Gasteiger charge is -2.08. The molecule has 1 nitrogen and oxygen atoms in total. The first-order chi connectivity index (χ1) is 8.06. The van der Waals surface area contributed by atoms with Crippen molar-refractivity contribution in [2.24, 2.45) is 0 Å². The van der Waals surface area contributed by atoms with E-state index in [0.717, 1.165) is 17.0 Å². The number of anilines is 1. The molecule has 0 saturated carbocycles. The molecule has 0 saturated heterocycles. The molecule has 1 aromatic carbocycles. The third-order valence-corrected chi connectivity index (χ3v) is 3.65. The van der Waals surface area contributed by atoms with Gasteiger partial charge in [0.25, 0.3) is 0 Å². The predicted octanol–water partition coefficient (Wildman–Crippen LogP) is 4.95. The first kappa shape index (κ1) is 12.6. The van der Waals surface area contributed by atoms with E-state index in [1.54, 1.807) is 11.4 Å². The van der Waals surface area contributed by atoms with E-state index in [2.05, 4.69) is 5.32 Å². The van der Waals surface area contributed by atoms with Crippen molar-refractivity contribution in [2.75, 3.05) is 5.32 Å². The first-order valence-electron chi connectivity index (χ1n) is 4.67. The summed E-state index contributed by atoms with van der Waals surface area (Å²) in [6, 6.07) is 3.62. The molecule has 17 heavy (non-hydrogen) atoms. The normalized spacial score (nSPS) is 10.6. The van der Waals surface area contributed by atoms with Crippen molar-refractivity contribution in [3.05, 3.63) is 50.1 Å². The lowest BCUT2D eigenvalue weighted by molar-refractivity contribution is 0.585. The second-order valence-electron chi connectivity index (χ2n) is 3.33. The summed E-state index contributed by atoms with van der Waals surface area (Å²) in [4.78, 5) is 0.940. The summed E-state index contributed by atoms with van der Waals surface area (Å²) < 4.78 is 26.2. The lowest BCUT2D eigenvalue weighted by atomic mass is 10.3. The van der Waals surface area contributed by atoms with Crippen molar-refractivity contribution in [1.29, 1.82) is 0 Å². The minimum Gasteiger partial charge on any atom is -0.377 e. The highest BCUT2D eigenvalue weighted by Crippen LogP contribution is 2.28. The van der Waals surface area contributed by atoms with Crippen LogP contribution in [0.3, 0.4) is 0 Å². The van der Waals surface area contributed by atoms with Crippen molar-refractivity contribution in [2.45, 2.75) is 6.54 Å². The van der Waals surface area contributed by atoms with E-state index in [1.165, 1.54) is 11.3 Å². The molecule has 1 aromatic heterocycles. The van der Waals surface area contributed by atoms with Gasteiger partial charge in [0.2, 0.25) is 0 Å². The second-order valence-corrected chi connectivity index (χ2v) is 5.17. The van der Waals surface area contributed by atoms with Gasteiger partial charge in [0.05, 0.1) is 15.7 Å². The Bertz CT molecular complexity index is 519. The highest BCUT2D eigenvalue weighted by atomic mass is 35.5. The summed E-state index contributed by atoms with van der Waals surface area (Å²) >= 11 is 12.9. The van der Waals surface area contributed by atoms with Crippen molar-refractivity contribution in [3.8, 4) is 0 Å². The lowest BCUT2D eigenvalue weighted by Crippen LogP contribution is -2.01. The molecule has 0 spiro atoms.